The summed E-state index contributed by atoms with van der Waals surface area (Å²) in [4.78, 5) is 26.7. The van der Waals surface area contributed by atoms with Crippen LogP contribution in [0.25, 0.3) is 0 Å². The molecule has 3 heterocycles. The summed E-state index contributed by atoms with van der Waals surface area (Å²) >= 11 is 0. The van der Waals surface area contributed by atoms with Crippen molar-refractivity contribution in [3.8, 4) is 0 Å². The lowest BCUT2D eigenvalue weighted by atomic mass is 9.77. The first-order valence-electron chi connectivity index (χ1n) is 7.39. The van der Waals surface area contributed by atoms with E-state index in [0.717, 1.165) is 11.3 Å². The number of amides is 1. The Balaban J connectivity index is 1.73. The molecule has 0 aromatic heterocycles. The van der Waals surface area contributed by atoms with Gasteiger partial charge in [-0.05, 0) is 24.6 Å². The number of esters is 1. The number of benzene rings is 1. The minimum Gasteiger partial charge on any atom is -0.469 e. The number of ether oxygens (including phenoxy) is 2. The molecule has 2 saturated heterocycles. The van der Waals surface area contributed by atoms with Crippen LogP contribution in [0.1, 0.15) is 5.56 Å². The van der Waals surface area contributed by atoms with E-state index >= 15 is 0 Å². The van der Waals surface area contributed by atoms with Crippen LogP contribution in [0.2, 0.25) is 0 Å². The van der Waals surface area contributed by atoms with Crippen molar-refractivity contribution in [3.05, 3.63) is 42.0 Å². The number of rotatable bonds is 2. The van der Waals surface area contributed by atoms with Gasteiger partial charge in [0.2, 0.25) is 5.91 Å². The van der Waals surface area contributed by atoms with Crippen LogP contribution in [0.15, 0.2) is 36.4 Å². The molecule has 0 unspecified atom stereocenters. The third kappa shape index (κ3) is 1.63. The number of carbonyl (C=O) groups is 2. The molecule has 2 bridgehead atoms. The van der Waals surface area contributed by atoms with E-state index in [1.165, 1.54) is 7.11 Å². The number of methoxy groups -OCH3 is 1. The van der Waals surface area contributed by atoms with Gasteiger partial charge in [-0.1, -0.05) is 24.3 Å². The van der Waals surface area contributed by atoms with Crippen molar-refractivity contribution >= 4 is 17.6 Å². The van der Waals surface area contributed by atoms with E-state index in [4.69, 9.17) is 9.47 Å². The highest BCUT2D eigenvalue weighted by Crippen LogP contribution is 2.52. The molecule has 5 nitrogen and oxygen atoms in total. The maximum atomic E-state index is 12.9. The molecule has 0 saturated carbocycles. The van der Waals surface area contributed by atoms with Crippen LogP contribution in [-0.2, 0) is 19.1 Å². The topological polar surface area (TPSA) is 55.8 Å². The number of nitrogens with zero attached hydrogens (tertiary/aromatic N) is 1. The fraction of sp³-hybridized carbons (Fsp3) is 0.412. The van der Waals surface area contributed by atoms with Gasteiger partial charge >= 0.3 is 5.97 Å². The first-order valence-corrected chi connectivity index (χ1v) is 7.39. The molecule has 1 spiro atoms. The normalized spacial score (nSPS) is 35.1. The molecule has 0 N–H and O–H groups in total. The summed E-state index contributed by atoms with van der Waals surface area (Å²) in [5.41, 5.74) is 1.24. The molecule has 3 aliphatic rings. The van der Waals surface area contributed by atoms with Crippen molar-refractivity contribution in [2.75, 3.05) is 18.6 Å². The molecular formula is C17H17NO4. The van der Waals surface area contributed by atoms with Crippen LogP contribution < -0.4 is 4.90 Å². The minimum absolute atomic E-state index is 0.0622. The van der Waals surface area contributed by atoms with Crippen LogP contribution in [-0.4, -0.2) is 37.2 Å². The number of fused-ring (bicyclic) bond motifs is 1. The Bertz CT molecular complexity index is 698. The number of hydrogen-bond donors (Lipinski definition) is 0. The third-order valence-electron chi connectivity index (χ3n) is 4.89. The largest absolute Gasteiger partial charge is 0.469 e. The van der Waals surface area contributed by atoms with E-state index in [-0.39, 0.29) is 18.0 Å². The van der Waals surface area contributed by atoms with Crippen LogP contribution in [0.3, 0.4) is 0 Å². The molecule has 5 heteroatoms. The maximum absolute atomic E-state index is 12.9. The van der Waals surface area contributed by atoms with Crippen molar-refractivity contribution in [3.63, 3.8) is 0 Å². The SMILES string of the molecule is COC(=O)[C@@H]1[C@H]2C=C[C@@]3(CN(c4cccc(C)c4)C(=O)[C@@H]13)O2. The van der Waals surface area contributed by atoms with E-state index in [0.29, 0.717) is 6.54 Å². The Hall–Kier alpha value is -2.14. The monoisotopic (exact) mass is 299 g/mol. The van der Waals surface area contributed by atoms with E-state index in [1.54, 1.807) is 4.90 Å². The van der Waals surface area contributed by atoms with Gasteiger partial charge < -0.3 is 14.4 Å². The molecule has 1 amide bonds. The summed E-state index contributed by atoms with van der Waals surface area (Å²) in [6.07, 6.45) is 3.47. The molecule has 0 aliphatic carbocycles. The summed E-state index contributed by atoms with van der Waals surface area (Å²) in [5.74, 6) is -1.47. The van der Waals surface area contributed by atoms with E-state index in [1.807, 2.05) is 43.3 Å². The molecule has 1 aromatic carbocycles. The highest BCUT2D eigenvalue weighted by atomic mass is 16.5. The smallest absolute Gasteiger partial charge is 0.312 e. The Morgan fingerprint density at radius 2 is 2.27 bits per heavy atom. The zero-order valence-corrected chi connectivity index (χ0v) is 12.5. The predicted molar refractivity (Wildman–Crippen MR) is 79.3 cm³/mol. The molecule has 0 radical (unpaired) electrons. The average molecular weight is 299 g/mol. The number of carbonyl (C=O) groups excluding carboxylic acids is 2. The van der Waals surface area contributed by atoms with Gasteiger partial charge in [-0.25, -0.2) is 0 Å². The highest BCUT2D eigenvalue weighted by Gasteiger charge is 2.67. The zero-order chi connectivity index (χ0) is 15.5. The molecule has 4 atom stereocenters. The summed E-state index contributed by atoms with van der Waals surface area (Å²) in [5, 5.41) is 0. The third-order valence-corrected chi connectivity index (χ3v) is 4.89. The van der Waals surface area contributed by atoms with Crippen molar-refractivity contribution in [1.82, 2.24) is 0 Å². The lowest BCUT2D eigenvalue weighted by molar-refractivity contribution is -0.149. The summed E-state index contributed by atoms with van der Waals surface area (Å²) < 4.78 is 10.9. The van der Waals surface area contributed by atoms with E-state index < -0.39 is 17.4 Å². The van der Waals surface area contributed by atoms with Gasteiger partial charge in [0.25, 0.3) is 0 Å². The first-order chi connectivity index (χ1) is 10.6. The standard InChI is InChI=1S/C17H17NO4/c1-10-4-3-5-11(8-10)18-9-17-7-6-12(22-17)13(16(20)21-2)14(17)15(18)19/h3-8,12-14H,9H2,1-2H3/t12-,13-,14-,17+/m1/s1. The van der Waals surface area contributed by atoms with Crippen molar-refractivity contribution in [2.24, 2.45) is 11.8 Å². The summed E-state index contributed by atoms with van der Waals surface area (Å²) in [7, 11) is 1.35. The minimum atomic E-state index is -0.690. The van der Waals surface area contributed by atoms with Crippen LogP contribution in [0, 0.1) is 18.8 Å². The van der Waals surface area contributed by atoms with Crippen LogP contribution in [0.4, 0.5) is 5.69 Å². The van der Waals surface area contributed by atoms with Gasteiger partial charge in [-0.2, -0.15) is 0 Å². The second-order valence-corrected chi connectivity index (χ2v) is 6.19. The van der Waals surface area contributed by atoms with Crippen molar-refractivity contribution in [1.29, 1.82) is 0 Å². The number of anilines is 1. The lowest BCUT2D eigenvalue weighted by Gasteiger charge is -2.22. The van der Waals surface area contributed by atoms with Gasteiger partial charge in [-0.15, -0.1) is 0 Å². The molecule has 4 rings (SSSR count). The molecule has 114 valence electrons. The first kappa shape index (κ1) is 13.5. The van der Waals surface area contributed by atoms with E-state index in [9.17, 15) is 9.59 Å². The Labute approximate surface area is 128 Å². The van der Waals surface area contributed by atoms with Gasteiger partial charge in [0, 0.05) is 5.69 Å². The Kier molecular flexibility index (Phi) is 2.72. The molecule has 3 aliphatic heterocycles. The van der Waals surface area contributed by atoms with Crippen LogP contribution >= 0.6 is 0 Å². The summed E-state index contributed by atoms with van der Waals surface area (Å²) in [6.45, 7) is 2.43. The Morgan fingerprint density at radius 3 is 3.00 bits per heavy atom. The molecule has 22 heavy (non-hydrogen) atoms. The second-order valence-electron chi connectivity index (χ2n) is 6.19. The number of hydrogen-bond acceptors (Lipinski definition) is 4. The fourth-order valence-electron chi connectivity index (χ4n) is 3.92. The summed E-state index contributed by atoms with van der Waals surface area (Å²) in [6, 6.07) is 7.79. The van der Waals surface area contributed by atoms with Crippen LogP contribution in [0.5, 0.6) is 0 Å². The van der Waals surface area contributed by atoms with Gasteiger partial charge in [0.1, 0.15) is 11.5 Å². The van der Waals surface area contributed by atoms with Crippen molar-refractivity contribution in [2.45, 2.75) is 18.6 Å². The maximum Gasteiger partial charge on any atom is 0.312 e. The molecule has 2 fully saturated rings. The van der Waals surface area contributed by atoms with Gasteiger partial charge in [0.05, 0.1) is 25.7 Å². The van der Waals surface area contributed by atoms with E-state index in [2.05, 4.69) is 0 Å². The fourth-order valence-corrected chi connectivity index (χ4v) is 3.92. The molecule has 1 aromatic rings. The highest BCUT2D eigenvalue weighted by molar-refractivity contribution is 6.02. The zero-order valence-electron chi connectivity index (χ0n) is 12.5. The Morgan fingerprint density at radius 1 is 1.45 bits per heavy atom. The lowest BCUT2D eigenvalue weighted by Crippen LogP contribution is -2.39. The quantitative estimate of drug-likeness (QED) is 0.613. The predicted octanol–water partition coefficient (Wildman–Crippen LogP) is 1.45. The second kappa shape index (κ2) is 4.43. The van der Waals surface area contributed by atoms with Gasteiger partial charge in [0.15, 0.2) is 0 Å². The van der Waals surface area contributed by atoms with Crippen molar-refractivity contribution < 1.29 is 19.1 Å². The van der Waals surface area contributed by atoms with Gasteiger partial charge in [-0.3, -0.25) is 9.59 Å². The number of aryl methyl sites for hydroxylation is 1. The molecular weight excluding hydrogens is 282 g/mol. The average Bonchev–Trinajstić information content (AvgIpc) is 3.15.